The van der Waals surface area contributed by atoms with Crippen LogP contribution in [0.5, 0.6) is 0 Å². The maximum atomic E-state index is 10.7. The number of hydrogen-bond donors (Lipinski definition) is 2. The molecule has 6 heteroatoms. The van der Waals surface area contributed by atoms with Gasteiger partial charge >= 0.3 is 0 Å². The predicted molar refractivity (Wildman–Crippen MR) is 65.5 cm³/mol. The smallest absolute Gasteiger partial charge is 0.210 e. The first-order valence-corrected chi connectivity index (χ1v) is 7.97. The second kappa shape index (κ2) is 5.03. The third-order valence-electron chi connectivity index (χ3n) is 2.43. The Labute approximate surface area is 96.4 Å². The monoisotopic (exact) mass is 252 g/mol. The standard InChI is InChI=1S/C9H20N2O2S2/c1-9(2)5-8(6-14-7-9)11-3-4-15(10,12)13/h8,11H,3-7H2,1-2H3,(H2,10,12,13). The molecule has 0 saturated carbocycles. The summed E-state index contributed by atoms with van der Waals surface area (Å²) in [5.74, 6) is 2.27. The second-order valence-corrected chi connectivity index (χ2v) is 7.67. The lowest BCUT2D eigenvalue weighted by Gasteiger charge is -2.35. The molecule has 1 aliphatic rings. The van der Waals surface area contributed by atoms with Crippen molar-refractivity contribution in [3.63, 3.8) is 0 Å². The van der Waals surface area contributed by atoms with Crippen LogP contribution in [0.3, 0.4) is 0 Å². The Bertz CT molecular complexity index is 301. The summed E-state index contributed by atoms with van der Waals surface area (Å²) >= 11 is 1.92. The minimum absolute atomic E-state index is 0.0224. The van der Waals surface area contributed by atoms with E-state index in [1.54, 1.807) is 0 Å². The van der Waals surface area contributed by atoms with E-state index in [4.69, 9.17) is 5.14 Å². The fraction of sp³-hybridized carbons (Fsp3) is 1.00. The summed E-state index contributed by atoms with van der Waals surface area (Å²) in [7, 11) is -3.32. The molecule has 1 saturated heterocycles. The molecule has 1 fully saturated rings. The van der Waals surface area contributed by atoms with Crippen molar-refractivity contribution in [1.82, 2.24) is 5.32 Å². The number of rotatable bonds is 4. The van der Waals surface area contributed by atoms with Gasteiger partial charge in [0.15, 0.2) is 0 Å². The first-order chi connectivity index (χ1) is 6.79. The molecule has 1 unspecified atom stereocenters. The highest BCUT2D eigenvalue weighted by molar-refractivity contribution is 7.99. The second-order valence-electron chi connectivity index (χ2n) is 4.90. The van der Waals surface area contributed by atoms with Crippen LogP contribution in [0.4, 0.5) is 0 Å². The molecule has 0 aromatic rings. The Morgan fingerprint density at radius 2 is 2.20 bits per heavy atom. The van der Waals surface area contributed by atoms with Gasteiger partial charge in [-0.3, -0.25) is 0 Å². The maximum absolute atomic E-state index is 10.7. The zero-order chi connectivity index (χ0) is 11.5. The molecule has 1 rings (SSSR count). The first kappa shape index (κ1) is 13.3. The van der Waals surface area contributed by atoms with Crippen molar-refractivity contribution < 1.29 is 8.42 Å². The Morgan fingerprint density at radius 1 is 1.53 bits per heavy atom. The molecule has 0 aromatic carbocycles. The zero-order valence-corrected chi connectivity index (χ0v) is 11.0. The lowest BCUT2D eigenvalue weighted by atomic mass is 9.88. The van der Waals surface area contributed by atoms with Gasteiger partial charge in [-0.2, -0.15) is 11.8 Å². The highest BCUT2D eigenvalue weighted by Crippen LogP contribution is 2.33. The third-order valence-corrected chi connectivity index (χ3v) is 4.83. The van der Waals surface area contributed by atoms with Gasteiger partial charge in [0.05, 0.1) is 5.75 Å². The molecule has 0 bridgehead atoms. The van der Waals surface area contributed by atoms with Gasteiger partial charge in [-0.05, 0) is 17.6 Å². The number of sulfonamides is 1. The average Bonchev–Trinajstić information content (AvgIpc) is 1.99. The van der Waals surface area contributed by atoms with Crippen LogP contribution in [0.1, 0.15) is 20.3 Å². The summed E-state index contributed by atoms with van der Waals surface area (Å²) in [5, 5.41) is 8.19. The zero-order valence-electron chi connectivity index (χ0n) is 9.32. The molecule has 0 radical (unpaired) electrons. The lowest BCUT2D eigenvalue weighted by Crippen LogP contribution is -2.42. The van der Waals surface area contributed by atoms with Crippen molar-refractivity contribution in [1.29, 1.82) is 0 Å². The topological polar surface area (TPSA) is 72.2 Å². The van der Waals surface area contributed by atoms with Crippen LogP contribution in [-0.2, 0) is 10.0 Å². The fourth-order valence-corrected chi connectivity index (χ4v) is 3.51. The van der Waals surface area contributed by atoms with Crippen molar-refractivity contribution in [2.75, 3.05) is 23.8 Å². The minimum Gasteiger partial charge on any atom is -0.312 e. The Balaban J connectivity index is 2.28. The highest BCUT2D eigenvalue weighted by Gasteiger charge is 2.27. The van der Waals surface area contributed by atoms with E-state index in [1.165, 1.54) is 5.75 Å². The van der Waals surface area contributed by atoms with E-state index in [2.05, 4.69) is 19.2 Å². The van der Waals surface area contributed by atoms with Gasteiger partial charge in [0.2, 0.25) is 10.0 Å². The number of hydrogen-bond acceptors (Lipinski definition) is 4. The molecule has 0 aromatic heterocycles. The molecule has 90 valence electrons. The number of primary sulfonamides is 1. The largest absolute Gasteiger partial charge is 0.312 e. The lowest BCUT2D eigenvalue weighted by molar-refractivity contribution is 0.321. The van der Waals surface area contributed by atoms with Gasteiger partial charge in [-0.25, -0.2) is 13.6 Å². The van der Waals surface area contributed by atoms with Gasteiger partial charge in [-0.1, -0.05) is 13.8 Å². The normalized spacial score (nSPS) is 26.5. The SMILES string of the molecule is CC1(C)CSCC(NCCS(N)(=O)=O)C1. The Hall–Kier alpha value is 0.220. The van der Waals surface area contributed by atoms with Crippen molar-refractivity contribution in [2.45, 2.75) is 26.3 Å². The van der Waals surface area contributed by atoms with Crippen LogP contribution in [-0.4, -0.2) is 38.3 Å². The molecule has 0 spiro atoms. The number of thioether (sulfide) groups is 1. The van der Waals surface area contributed by atoms with E-state index in [9.17, 15) is 8.42 Å². The van der Waals surface area contributed by atoms with Gasteiger partial charge in [0, 0.05) is 18.3 Å². The maximum Gasteiger partial charge on any atom is 0.210 e. The van der Waals surface area contributed by atoms with Crippen molar-refractivity contribution in [3.8, 4) is 0 Å². The molecule has 1 heterocycles. The number of nitrogens with two attached hydrogens (primary N) is 1. The molecule has 0 aliphatic carbocycles. The summed E-state index contributed by atoms with van der Waals surface area (Å²) in [6.07, 6.45) is 1.10. The van der Waals surface area contributed by atoms with E-state index in [0.29, 0.717) is 18.0 Å². The summed E-state index contributed by atoms with van der Waals surface area (Å²) < 4.78 is 21.5. The van der Waals surface area contributed by atoms with Gasteiger partial charge in [0.25, 0.3) is 0 Å². The van der Waals surface area contributed by atoms with Crippen molar-refractivity contribution in [3.05, 3.63) is 0 Å². The van der Waals surface area contributed by atoms with Crippen LogP contribution < -0.4 is 10.5 Å². The summed E-state index contributed by atoms with van der Waals surface area (Å²) in [4.78, 5) is 0. The molecule has 3 N–H and O–H groups in total. The van der Waals surface area contributed by atoms with E-state index in [-0.39, 0.29) is 5.75 Å². The van der Waals surface area contributed by atoms with Crippen molar-refractivity contribution >= 4 is 21.8 Å². The van der Waals surface area contributed by atoms with Gasteiger partial charge in [-0.15, -0.1) is 0 Å². The summed E-state index contributed by atoms with van der Waals surface area (Å²) in [6.45, 7) is 4.95. The van der Waals surface area contributed by atoms with Crippen LogP contribution in [0, 0.1) is 5.41 Å². The predicted octanol–water partition coefficient (Wildman–Crippen LogP) is 0.396. The van der Waals surface area contributed by atoms with Crippen LogP contribution in [0.2, 0.25) is 0 Å². The Morgan fingerprint density at radius 3 is 2.73 bits per heavy atom. The van der Waals surface area contributed by atoms with Crippen LogP contribution >= 0.6 is 11.8 Å². The molecule has 4 nitrogen and oxygen atoms in total. The third kappa shape index (κ3) is 5.75. The quantitative estimate of drug-likeness (QED) is 0.759. The van der Waals surface area contributed by atoms with E-state index < -0.39 is 10.0 Å². The first-order valence-electron chi connectivity index (χ1n) is 5.10. The molecule has 1 atom stereocenters. The molecular weight excluding hydrogens is 232 g/mol. The summed E-state index contributed by atoms with van der Waals surface area (Å²) in [5.41, 5.74) is 0.349. The Kier molecular flexibility index (Phi) is 4.46. The van der Waals surface area contributed by atoms with E-state index in [1.807, 2.05) is 11.8 Å². The highest BCUT2D eigenvalue weighted by atomic mass is 32.2. The fourth-order valence-electron chi connectivity index (χ4n) is 1.80. The van der Waals surface area contributed by atoms with Gasteiger partial charge in [0.1, 0.15) is 0 Å². The molecule has 15 heavy (non-hydrogen) atoms. The number of nitrogens with one attached hydrogen (secondary N) is 1. The van der Waals surface area contributed by atoms with E-state index >= 15 is 0 Å². The van der Waals surface area contributed by atoms with Gasteiger partial charge < -0.3 is 5.32 Å². The minimum atomic E-state index is -3.32. The molecule has 1 aliphatic heterocycles. The molecule has 0 amide bonds. The van der Waals surface area contributed by atoms with Crippen LogP contribution in [0.15, 0.2) is 0 Å². The molecular formula is C9H20N2O2S2. The summed E-state index contributed by atoms with van der Waals surface area (Å²) in [6, 6.07) is 0.417. The van der Waals surface area contributed by atoms with Crippen LogP contribution in [0.25, 0.3) is 0 Å². The van der Waals surface area contributed by atoms with E-state index in [0.717, 1.165) is 12.2 Å². The average molecular weight is 252 g/mol. The van der Waals surface area contributed by atoms with Crippen molar-refractivity contribution in [2.24, 2.45) is 10.6 Å².